The highest BCUT2D eigenvalue weighted by Crippen LogP contribution is 2.45. The van der Waals surface area contributed by atoms with Crippen molar-refractivity contribution in [3.63, 3.8) is 0 Å². The molecule has 6 rings (SSSR count). The molecule has 0 aliphatic carbocycles. The molecule has 0 radical (unpaired) electrons. The van der Waals surface area contributed by atoms with Gasteiger partial charge in [-0.05, 0) is 48.8 Å². The lowest BCUT2D eigenvalue weighted by Gasteiger charge is -2.26. The first-order valence-corrected chi connectivity index (χ1v) is 11.4. The minimum atomic E-state index is -0.664. The largest absolute Gasteiger partial charge is 0.443 e. The number of fused-ring (bicyclic) bond motifs is 3. The molecule has 5 aromatic rings. The maximum Gasteiger partial charge on any atom is 0.419 e. The van der Waals surface area contributed by atoms with Crippen molar-refractivity contribution in [3.05, 3.63) is 77.1 Å². The minimum absolute atomic E-state index is 0.450. The number of anilines is 1. The molecule has 36 heavy (non-hydrogen) atoms. The SMILES string of the molecule is CC(C)(C)OC(=O)n1cc(C2=C(C#N)C(c3cccc4nonc34)c3cn[nH]c3N2)c2ccccc21. The Bertz CT molecular complexity index is 1730. The molecule has 0 fully saturated rings. The lowest BCUT2D eigenvalue weighted by Crippen LogP contribution is -2.26. The van der Waals surface area contributed by atoms with E-state index in [-0.39, 0.29) is 0 Å². The van der Waals surface area contributed by atoms with Crippen molar-refractivity contribution in [2.24, 2.45) is 0 Å². The van der Waals surface area contributed by atoms with E-state index in [1.54, 1.807) is 18.5 Å². The lowest BCUT2D eigenvalue weighted by atomic mass is 9.81. The second-order valence-electron chi connectivity index (χ2n) is 9.55. The maximum absolute atomic E-state index is 13.1. The van der Waals surface area contributed by atoms with Gasteiger partial charge in [0.25, 0.3) is 0 Å². The van der Waals surface area contributed by atoms with E-state index in [1.165, 1.54) is 4.57 Å². The molecule has 3 aromatic heterocycles. The van der Waals surface area contributed by atoms with Crippen LogP contribution >= 0.6 is 0 Å². The summed E-state index contributed by atoms with van der Waals surface area (Å²) in [5, 5.41) is 29.8. The molecule has 0 amide bonds. The van der Waals surface area contributed by atoms with Crippen molar-refractivity contribution in [2.45, 2.75) is 32.3 Å². The normalized spacial score (nSPS) is 15.6. The summed E-state index contributed by atoms with van der Waals surface area (Å²) in [4.78, 5) is 13.1. The highest BCUT2D eigenvalue weighted by atomic mass is 16.6. The average molecular weight is 480 g/mol. The fraction of sp³-hybridized carbons (Fsp3) is 0.192. The Kier molecular flexibility index (Phi) is 4.69. The number of benzene rings is 2. The average Bonchev–Trinajstić information content (AvgIpc) is 3.59. The van der Waals surface area contributed by atoms with Gasteiger partial charge in [-0.15, -0.1) is 0 Å². The van der Waals surface area contributed by atoms with Crippen molar-refractivity contribution < 1.29 is 14.2 Å². The van der Waals surface area contributed by atoms with Crippen molar-refractivity contribution in [2.75, 3.05) is 5.32 Å². The highest BCUT2D eigenvalue weighted by molar-refractivity contribution is 6.02. The smallest absolute Gasteiger partial charge is 0.419 e. The van der Waals surface area contributed by atoms with Gasteiger partial charge in [0, 0.05) is 22.7 Å². The van der Waals surface area contributed by atoms with E-state index in [0.717, 1.165) is 16.5 Å². The summed E-state index contributed by atoms with van der Waals surface area (Å²) >= 11 is 0. The number of carbonyl (C=O) groups excluding carboxylic acids is 1. The number of aromatic nitrogens is 5. The van der Waals surface area contributed by atoms with Crippen LogP contribution in [0.2, 0.25) is 0 Å². The van der Waals surface area contributed by atoms with E-state index in [2.05, 4.69) is 31.9 Å². The molecule has 2 aromatic carbocycles. The van der Waals surface area contributed by atoms with Crippen LogP contribution in [0.3, 0.4) is 0 Å². The first kappa shape index (κ1) is 21.6. The van der Waals surface area contributed by atoms with Gasteiger partial charge >= 0.3 is 6.09 Å². The maximum atomic E-state index is 13.1. The number of hydrogen-bond donors (Lipinski definition) is 2. The van der Waals surface area contributed by atoms with Gasteiger partial charge < -0.3 is 10.1 Å². The third-order valence-electron chi connectivity index (χ3n) is 6.11. The topological polar surface area (TPSA) is 135 Å². The van der Waals surface area contributed by atoms with Crippen LogP contribution in [0.5, 0.6) is 0 Å². The highest BCUT2D eigenvalue weighted by Gasteiger charge is 2.35. The molecule has 10 nitrogen and oxygen atoms in total. The second-order valence-corrected chi connectivity index (χ2v) is 9.55. The minimum Gasteiger partial charge on any atom is -0.443 e. The lowest BCUT2D eigenvalue weighted by molar-refractivity contribution is 0.0544. The zero-order chi connectivity index (χ0) is 25.0. The Morgan fingerprint density at radius 1 is 1.14 bits per heavy atom. The fourth-order valence-electron chi connectivity index (χ4n) is 4.66. The molecule has 1 aliphatic rings. The molecular formula is C26H21N7O3. The number of nitriles is 1. The van der Waals surface area contributed by atoms with Gasteiger partial charge in [-0.1, -0.05) is 30.3 Å². The third kappa shape index (κ3) is 3.32. The quantitative estimate of drug-likeness (QED) is 0.354. The molecule has 0 bridgehead atoms. The van der Waals surface area contributed by atoms with Crippen LogP contribution in [0, 0.1) is 11.3 Å². The zero-order valence-electron chi connectivity index (χ0n) is 19.7. The summed E-state index contributed by atoms with van der Waals surface area (Å²) < 4.78 is 12.1. The molecule has 0 saturated heterocycles. The summed E-state index contributed by atoms with van der Waals surface area (Å²) in [6, 6.07) is 15.5. The van der Waals surface area contributed by atoms with Crippen molar-refractivity contribution in [1.82, 2.24) is 25.1 Å². The Hall–Kier alpha value is -4.91. The van der Waals surface area contributed by atoms with E-state index in [0.29, 0.717) is 39.2 Å². The Balaban J connectivity index is 1.60. The molecule has 10 heteroatoms. The Morgan fingerprint density at radius 2 is 1.97 bits per heavy atom. The first-order valence-electron chi connectivity index (χ1n) is 11.4. The van der Waals surface area contributed by atoms with Gasteiger partial charge in [0.15, 0.2) is 0 Å². The molecule has 1 atom stereocenters. The molecule has 178 valence electrons. The second kappa shape index (κ2) is 7.81. The Morgan fingerprint density at radius 3 is 2.78 bits per heavy atom. The molecular weight excluding hydrogens is 458 g/mol. The fourth-order valence-corrected chi connectivity index (χ4v) is 4.66. The Labute approximate surface area is 205 Å². The van der Waals surface area contributed by atoms with Gasteiger partial charge in [-0.2, -0.15) is 10.4 Å². The van der Waals surface area contributed by atoms with Crippen LogP contribution < -0.4 is 5.32 Å². The third-order valence-corrected chi connectivity index (χ3v) is 6.11. The van der Waals surface area contributed by atoms with Gasteiger partial charge in [0.1, 0.15) is 22.5 Å². The van der Waals surface area contributed by atoms with E-state index in [9.17, 15) is 10.1 Å². The number of allylic oxidation sites excluding steroid dienone is 1. The number of hydrogen-bond acceptors (Lipinski definition) is 8. The summed E-state index contributed by atoms with van der Waals surface area (Å²) in [6.45, 7) is 5.46. The van der Waals surface area contributed by atoms with Crippen LogP contribution in [-0.4, -0.2) is 36.8 Å². The molecule has 1 aliphatic heterocycles. The van der Waals surface area contributed by atoms with E-state index in [1.807, 2.05) is 57.2 Å². The standard InChI is InChI=1S/C26H21N7O3/c1-26(2,3)35-25(34)33-13-18(14-7-4-5-10-20(14)33)22-16(11-27)21(17-12-28-30-24(17)29-22)15-8-6-9-19-23(15)32-36-31-19/h4-10,12-13,21H,1-3H3,(H2,28,29,30). The zero-order valence-corrected chi connectivity index (χ0v) is 19.7. The van der Waals surface area contributed by atoms with E-state index >= 15 is 0 Å². The van der Waals surface area contributed by atoms with Gasteiger partial charge in [0.05, 0.1) is 35.0 Å². The van der Waals surface area contributed by atoms with Crippen LogP contribution in [0.15, 0.2) is 65.1 Å². The number of aromatic amines is 1. The number of H-pyrrole nitrogens is 1. The predicted octanol–water partition coefficient (Wildman–Crippen LogP) is 5.18. The van der Waals surface area contributed by atoms with Crippen LogP contribution in [0.4, 0.5) is 10.6 Å². The summed E-state index contributed by atoms with van der Waals surface area (Å²) in [7, 11) is 0. The van der Waals surface area contributed by atoms with E-state index in [4.69, 9.17) is 9.37 Å². The number of nitrogens with one attached hydrogen (secondary N) is 2. The number of para-hydroxylation sites is 1. The molecule has 2 N–H and O–H groups in total. The van der Waals surface area contributed by atoms with Gasteiger partial charge in [0.2, 0.25) is 0 Å². The van der Waals surface area contributed by atoms with Crippen LogP contribution in [0.1, 0.15) is 43.4 Å². The van der Waals surface area contributed by atoms with Gasteiger partial charge in [-0.3, -0.25) is 9.67 Å². The molecule has 1 unspecified atom stereocenters. The van der Waals surface area contributed by atoms with Gasteiger partial charge in [-0.25, -0.2) is 9.42 Å². The monoisotopic (exact) mass is 479 g/mol. The first-order chi connectivity index (χ1) is 17.4. The van der Waals surface area contributed by atoms with E-state index < -0.39 is 17.6 Å². The van der Waals surface area contributed by atoms with Crippen LogP contribution in [-0.2, 0) is 4.74 Å². The summed E-state index contributed by atoms with van der Waals surface area (Å²) in [6.07, 6.45) is 2.89. The van der Waals surface area contributed by atoms with Crippen molar-refractivity contribution in [1.29, 1.82) is 5.26 Å². The van der Waals surface area contributed by atoms with Crippen molar-refractivity contribution in [3.8, 4) is 6.07 Å². The number of rotatable bonds is 2. The summed E-state index contributed by atoms with van der Waals surface area (Å²) in [5.74, 6) is 0.163. The summed E-state index contributed by atoms with van der Waals surface area (Å²) in [5.41, 5.74) is 4.42. The molecule has 0 saturated carbocycles. The number of carbonyl (C=O) groups is 1. The van der Waals surface area contributed by atoms with Crippen LogP contribution in [0.25, 0.3) is 27.6 Å². The molecule has 0 spiro atoms. The molecule has 4 heterocycles. The predicted molar refractivity (Wildman–Crippen MR) is 132 cm³/mol. The number of ether oxygens (including phenoxy) is 1. The van der Waals surface area contributed by atoms with Crippen molar-refractivity contribution >= 4 is 39.5 Å². The number of nitrogens with zero attached hydrogens (tertiary/aromatic N) is 5.